The van der Waals surface area contributed by atoms with Gasteiger partial charge in [0, 0.05) is 18.7 Å². The van der Waals surface area contributed by atoms with E-state index in [1.54, 1.807) is 6.07 Å². The van der Waals surface area contributed by atoms with Crippen LogP contribution in [-0.2, 0) is 0 Å². The van der Waals surface area contributed by atoms with Crippen molar-refractivity contribution in [3.63, 3.8) is 0 Å². The van der Waals surface area contributed by atoms with E-state index in [4.69, 9.17) is 0 Å². The normalized spacial score (nSPS) is 24.0. The molecular weight excluding hydrogens is 271 g/mol. The maximum atomic E-state index is 13.4. The van der Waals surface area contributed by atoms with Crippen molar-refractivity contribution in [2.75, 3.05) is 17.2 Å². The average molecular weight is 285 g/mol. The zero-order chi connectivity index (χ0) is 11.1. The van der Waals surface area contributed by atoms with Gasteiger partial charge in [0.25, 0.3) is 0 Å². The quantitative estimate of drug-likeness (QED) is 0.824. The van der Waals surface area contributed by atoms with Gasteiger partial charge >= 0.3 is 0 Å². The zero-order valence-corrected chi connectivity index (χ0v) is 10.5. The molecule has 1 saturated carbocycles. The molecule has 1 aliphatic heterocycles. The van der Waals surface area contributed by atoms with Gasteiger partial charge in [-0.25, -0.2) is 4.39 Å². The number of benzene rings is 1. The van der Waals surface area contributed by atoms with E-state index in [0.717, 1.165) is 30.3 Å². The first-order valence-electron chi connectivity index (χ1n) is 5.73. The molecule has 0 spiro atoms. The molecule has 0 amide bonds. The first-order valence-corrected chi connectivity index (χ1v) is 6.53. The fraction of sp³-hybridized carbons (Fsp3) is 0.500. The van der Waals surface area contributed by atoms with E-state index < -0.39 is 0 Å². The van der Waals surface area contributed by atoms with Crippen LogP contribution in [-0.4, -0.2) is 12.6 Å². The second-order valence-corrected chi connectivity index (χ2v) is 5.47. The Labute approximate surface area is 103 Å². The van der Waals surface area contributed by atoms with Gasteiger partial charge in [-0.15, -0.1) is 0 Å². The van der Waals surface area contributed by atoms with Crippen molar-refractivity contribution in [3.8, 4) is 0 Å². The highest BCUT2D eigenvalue weighted by atomic mass is 79.9. The second kappa shape index (κ2) is 3.91. The Morgan fingerprint density at radius 1 is 1.19 bits per heavy atom. The van der Waals surface area contributed by atoms with Gasteiger partial charge in [-0.3, -0.25) is 0 Å². The fourth-order valence-electron chi connectivity index (χ4n) is 2.30. The average Bonchev–Trinajstić information content (AvgIpc) is 3.04. The van der Waals surface area contributed by atoms with E-state index in [0.29, 0.717) is 10.5 Å². The fourth-order valence-corrected chi connectivity index (χ4v) is 2.64. The summed E-state index contributed by atoms with van der Waals surface area (Å²) in [7, 11) is 0. The summed E-state index contributed by atoms with van der Waals surface area (Å²) in [6, 6.07) is 3.94. The van der Waals surface area contributed by atoms with Gasteiger partial charge in [0.2, 0.25) is 0 Å². The first kappa shape index (κ1) is 10.4. The molecular formula is C12H14BrFN2. The molecule has 1 fully saturated rings. The van der Waals surface area contributed by atoms with Crippen molar-refractivity contribution >= 4 is 27.3 Å². The summed E-state index contributed by atoms with van der Waals surface area (Å²) in [5.74, 6) is 0.606. The third kappa shape index (κ3) is 1.90. The van der Waals surface area contributed by atoms with Crippen molar-refractivity contribution < 1.29 is 4.39 Å². The van der Waals surface area contributed by atoms with Crippen LogP contribution in [0.25, 0.3) is 0 Å². The highest BCUT2D eigenvalue weighted by Gasteiger charge is 2.32. The highest BCUT2D eigenvalue weighted by molar-refractivity contribution is 9.10. The van der Waals surface area contributed by atoms with Crippen molar-refractivity contribution in [1.29, 1.82) is 0 Å². The standard InChI is InChI=1S/C12H14BrFN2/c13-8-5-12-11(6-9(8)14)15-4-3-10(16-12)7-1-2-7/h5-7,10,15-16H,1-4H2. The van der Waals surface area contributed by atoms with Gasteiger partial charge in [0.15, 0.2) is 0 Å². The molecule has 0 bridgehead atoms. The Bertz CT molecular complexity index is 418. The van der Waals surface area contributed by atoms with Crippen LogP contribution in [0, 0.1) is 11.7 Å². The molecule has 1 aromatic carbocycles. The van der Waals surface area contributed by atoms with Crippen LogP contribution in [0.15, 0.2) is 16.6 Å². The van der Waals surface area contributed by atoms with E-state index >= 15 is 0 Å². The minimum Gasteiger partial charge on any atom is -0.383 e. The van der Waals surface area contributed by atoms with E-state index in [1.165, 1.54) is 12.8 Å². The largest absolute Gasteiger partial charge is 0.383 e. The predicted molar refractivity (Wildman–Crippen MR) is 67.3 cm³/mol. The summed E-state index contributed by atoms with van der Waals surface area (Å²) in [4.78, 5) is 0. The molecule has 1 unspecified atom stereocenters. The lowest BCUT2D eigenvalue weighted by molar-refractivity contribution is 0.608. The molecule has 1 aromatic rings. The Morgan fingerprint density at radius 3 is 2.75 bits per heavy atom. The molecule has 16 heavy (non-hydrogen) atoms. The zero-order valence-electron chi connectivity index (χ0n) is 8.89. The van der Waals surface area contributed by atoms with Crippen LogP contribution in [0.4, 0.5) is 15.8 Å². The van der Waals surface area contributed by atoms with Gasteiger partial charge in [-0.05, 0) is 47.2 Å². The summed E-state index contributed by atoms with van der Waals surface area (Å²) in [5, 5.41) is 6.81. The lowest BCUT2D eigenvalue weighted by atomic mass is 10.1. The molecule has 86 valence electrons. The van der Waals surface area contributed by atoms with Gasteiger partial charge in [-0.2, -0.15) is 0 Å². The van der Waals surface area contributed by atoms with E-state index in [2.05, 4.69) is 26.6 Å². The van der Waals surface area contributed by atoms with Gasteiger partial charge in [0.1, 0.15) is 5.82 Å². The third-order valence-corrected chi connectivity index (χ3v) is 3.97. The number of rotatable bonds is 1. The van der Waals surface area contributed by atoms with Crippen LogP contribution in [0.3, 0.4) is 0 Å². The van der Waals surface area contributed by atoms with Crippen molar-refractivity contribution in [2.24, 2.45) is 5.92 Å². The SMILES string of the molecule is Fc1cc2c(cc1Br)NC(C1CC1)CCN2. The first-order chi connectivity index (χ1) is 7.74. The van der Waals surface area contributed by atoms with Crippen molar-refractivity contribution in [1.82, 2.24) is 0 Å². The third-order valence-electron chi connectivity index (χ3n) is 3.36. The molecule has 0 aromatic heterocycles. The van der Waals surface area contributed by atoms with Gasteiger partial charge in [-0.1, -0.05) is 0 Å². The smallest absolute Gasteiger partial charge is 0.139 e. The molecule has 1 heterocycles. The van der Waals surface area contributed by atoms with Crippen LogP contribution >= 0.6 is 15.9 Å². The molecule has 0 saturated heterocycles. The van der Waals surface area contributed by atoms with Crippen LogP contribution in [0.1, 0.15) is 19.3 Å². The Kier molecular flexibility index (Phi) is 2.54. The van der Waals surface area contributed by atoms with Crippen molar-refractivity contribution in [2.45, 2.75) is 25.3 Å². The summed E-state index contributed by atoms with van der Waals surface area (Å²) in [6.07, 6.45) is 3.77. The van der Waals surface area contributed by atoms with Gasteiger partial charge in [0.05, 0.1) is 15.8 Å². The topological polar surface area (TPSA) is 24.1 Å². The summed E-state index contributed by atoms with van der Waals surface area (Å²) >= 11 is 3.23. The molecule has 3 rings (SSSR count). The van der Waals surface area contributed by atoms with E-state index in [-0.39, 0.29) is 5.82 Å². The molecule has 2 aliphatic rings. The van der Waals surface area contributed by atoms with Crippen molar-refractivity contribution in [3.05, 3.63) is 22.4 Å². The monoisotopic (exact) mass is 284 g/mol. The number of halogens is 2. The molecule has 1 aliphatic carbocycles. The molecule has 4 heteroatoms. The molecule has 2 nitrogen and oxygen atoms in total. The van der Waals surface area contributed by atoms with E-state index in [9.17, 15) is 4.39 Å². The van der Waals surface area contributed by atoms with Crippen LogP contribution in [0.5, 0.6) is 0 Å². The highest BCUT2D eigenvalue weighted by Crippen LogP contribution is 2.39. The minimum atomic E-state index is -0.210. The predicted octanol–water partition coefficient (Wildman–Crippen LogP) is 3.59. The number of hydrogen-bond donors (Lipinski definition) is 2. The molecule has 1 atom stereocenters. The lowest BCUT2D eigenvalue weighted by Crippen LogP contribution is -2.21. The van der Waals surface area contributed by atoms with Crippen LogP contribution < -0.4 is 10.6 Å². The number of hydrogen-bond acceptors (Lipinski definition) is 2. The number of nitrogens with one attached hydrogen (secondary N) is 2. The molecule has 0 radical (unpaired) electrons. The summed E-state index contributed by atoms with van der Waals surface area (Å²) < 4.78 is 13.9. The number of anilines is 2. The van der Waals surface area contributed by atoms with Crippen LogP contribution in [0.2, 0.25) is 0 Å². The Hall–Kier alpha value is -0.770. The van der Waals surface area contributed by atoms with Gasteiger partial charge < -0.3 is 10.6 Å². The maximum Gasteiger partial charge on any atom is 0.139 e. The Morgan fingerprint density at radius 2 is 2.00 bits per heavy atom. The minimum absolute atomic E-state index is 0.210. The maximum absolute atomic E-state index is 13.4. The summed E-state index contributed by atoms with van der Waals surface area (Å²) in [6.45, 7) is 0.919. The summed E-state index contributed by atoms with van der Waals surface area (Å²) in [5.41, 5.74) is 1.89. The Balaban J connectivity index is 1.92. The lowest BCUT2D eigenvalue weighted by Gasteiger charge is -2.16. The van der Waals surface area contributed by atoms with E-state index in [1.807, 2.05) is 6.07 Å². The second-order valence-electron chi connectivity index (χ2n) is 4.62. The number of fused-ring (bicyclic) bond motifs is 1. The molecule has 2 N–H and O–H groups in total.